The van der Waals surface area contributed by atoms with Crippen LogP contribution in [0.5, 0.6) is 0 Å². The fraction of sp³-hybridized carbons (Fsp3) is 0.235. The van der Waals surface area contributed by atoms with Gasteiger partial charge >= 0.3 is 0 Å². The van der Waals surface area contributed by atoms with E-state index in [-0.39, 0.29) is 17.6 Å². The molecular formula is C17H18FNO. The molecule has 0 unspecified atom stereocenters. The minimum atomic E-state index is -0.342. The molecule has 0 amide bonds. The summed E-state index contributed by atoms with van der Waals surface area (Å²) in [5.41, 5.74) is 3.00. The molecule has 3 heteroatoms. The first-order chi connectivity index (χ1) is 9.47. The smallest absolute Gasteiger partial charge is 0.195 e. The molecule has 0 spiro atoms. The van der Waals surface area contributed by atoms with Crippen molar-refractivity contribution in [1.29, 1.82) is 0 Å². The highest BCUT2D eigenvalue weighted by atomic mass is 19.1. The molecule has 0 aliphatic carbocycles. The third kappa shape index (κ3) is 3.23. The van der Waals surface area contributed by atoms with E-state index in [9.17, 15) is 9.18 Å². The minimum absolute atomic E-state index is 0.104. The lowest BCUT2D eigenvalue weighted by molar-refractivity contribution is 0.103. The number of aryl methyl sites for hydroxylation is 1. The molecule has 0 saturated heterocycles. The van der Waals surface area contributed by atoms with Crippen molar-refractivity contribution in [3.05, 3.63) is 65.0 Å². The average Bonchev–Trinajstić information content (AvgIpc) is 2.38. The first-order valence-electron chi connectivity index (χ1n) is 6.65. The predicted octanol–water partition coefficient (Wildman–Crippen LogP) is 4.19. The van der Waals surface area contributed by atoms with E-state index in [1.54, 1.807) is 0 Å². The van der Waals surface area contributed by atoms with Crippen LogP contribution in [-0.4, -0.2) is 11.8 Å². The minimum Gasteiger partial charge on any atom is -0.382 e. The van der Waals surface area contributed by atoms with Crippen molar-refractivity contribution in [2.45, 2.75) is 26.8 Å². The molecule has 0 atom stereocenters. The van der Waals surface area contributed by atoms with Crippen molar-refractivity contribution < 1.29 is 9.18 Å². The second-order valence-electron chi connectivity index (χ2n) is 5.18. The molecule has 2 rings (SSSR count). The van der Waals surface area contributed by atoms with Crippen molar-refractivity contribution in [2.24, 2.45) is 0 Å². The second-order valence-corrected chi connectivity index (χ2v) is 5.18. The molecule has 0 aliphatic heterocycles. The van der Waals surface area contributed by atoms with Crippen LogP contribution in [0.1, 0.15) is 35.3 Å². The number of ketones is 1. The molecule has 1 N–H and O–H groups in total. The van der Waals surface area contributed by atoms with Gasteiger partial charge in [-0.3, -0.25) is 4.79 Å². The van der Waals surface area contributed by atoms with Crippen LogP contribution in [0.3, 0.4) is 0 Å². The van der Waals surface area contributed by atoms with Gasteiger partial charge in [-0.1, -0.05) is 6.07 Å². The van der Waals surface area contributed by atoms with E-state index >= 15 is 0 Å². The zero-order valence-corrected chi connectivity index (χ0v) is 11.9. The standard InChI is InChI=1S/C17H18FNO/c1-11(2)19-16-10-12(3)4-9-15(16)17(20)13-5-7-14(18)8-6-13/h4-11,19H,1-3H3. The summed E-state index contributed by atoms with van der Waals surface area (Å²) in [5, 5.41) is 3.28. The average molecular weight is 271 g/mol. The zero-order chi connectivity index (χ0) is 14.7. The molecule has 2 nitrogen and oxygen atoms in total. The fourth-order valence-electron chi connectivity index (χ4n) is 2.04. The Morgan fingerprint density at radius 3 is 2.35 bits per heavy atom. The number of nitrogens with one attached hydrogen (secondary N) is 1. The lowest BCUT2D eigenvalue weighted by Gasteiger charge is -2.15. The van der Waals surface area contributed by atoms with Crippen molar-refractivity contribution >= 4 is 11.5 Å². The molecule has 20 heavy (non-hydrogen) atoms. The summed E-state index contributed by atoms with van der Waals surface area (Å²) in [7, 11) is 0. The van der Waals surface area contributed by atoms with Gasteiger partial charge in [0, 0.05) is 22.9 Å². The molecule has 0 fully saturated rings. The number of halogens is 1. The Kier molecular flexibility index (Phi) is 4.18. The van der Waals surface area contributed by atoms with E-state index in [0.717, 1.165) is 11.3 Å². The van der Waals surface area contributed by atoms with Crippen molar-refractivity contribution in [2.75, 3.05) is 5.32 Å². The number of hydrogen-bond acceptors (Lipinski definition) is 2. The van der Waals surface area contributed by atoms with Crippen LogP contribution in [0.15, 0.2) is 42.5 Å². The Morgan fingerprint density at radius 2 is 1.75 bits per heavy atom. The summed E-state index contributed by atoms with van der Waals surface area (Å²) < 4.78 is 12.9. The molecule has 0 bridgehead atoms. The Morgan fingerprint density at radius 1 is 1.10 bits per heavy atom. The lowest BCUT2D eigenvalue weighted by Crippen LogP contribution is -2.14. The van der Waals surface area contributed by atoms with Crippen molar-refractivity contribution in [3.8, 4) is 0 Å². The largest absolute Gasteiger partial charge is 0.382 e. The Hall–Kier alpha value is -2.16. The van der Waals surface area contributed by atoms with Crippen LogP contribution in [-0.2, 0) is 0 Å². The van der Waals surface area contributed by atoms with E-state index in [4.69, 9.17) is 0 Å². The number of hydrogen-bond donors (Lipinski definition) is 1. The number of benzene rings is 2. The highest BCUT2D eigenvalue weighted by Gasteiger charge is 2.14. The predicted molar refractivity (Wildman–Crippen MR) is 79.8 cm³/mol. The topological polar surface area (TPSA) is 29.1 Å². The van der Waals surface area contributed by atoms with Crippen molar-refractivity contribution in [1.82, 2.24) is 0 Å². The van der Waals surface area contributed by atoms with Crippen LogP contribution < -0.4 is 5.32 Å². The molecule has 0 radical (unpaired) electrons. The number of carbonyl (C=O) groups excluding carboxylic acids is 1. The zero-order valence-electron chi connectivity index (χ0n) is 11.9. The molecule has 0 aromatic heterocycles. The van der Waals surface area contributed by atoms with E-state index < -0.39 is 0 Å². The van der Waals surface area contributed by atoms with Gasteiger partial charge in [0.05, 0.1) is 0 Å². The van der Waals surface area contributed by atoms with Gasteiger partial charge in [0.1, 0.15) is 5.82 Å². The normalized spacial score (nSPS) is 10.7. The summed E-state index contributed by atoms with van der Waals surface area (Å²) >= 11 is 0. The molecule has 0 saturated carbocycles. The highest BCUT2D eigenvalue weighted by molar-refractivity contribution is 6.12. The molecule has 2 aromatic carbocycles. The van der Waals surface area contributed by atoms with Crippen LogP contribution in [0.25, 0.3) is 0 Å². The second kappa shape index (κ2) is 5.87. The number of rotatable bonds is 4. The van der Waals surface area contributed by atoms with Crippen LogP contribution >= 0.6 is 0 Å². The van der Waals surface area contributed by atoms with Gasteiger partial charge in [0.25, 0.3) is 0 Å². The fourth-order valence-corrected chi connectivity index (χ4v) is 2.04. The van der Waals surface area contributed by atoms with Gasteiger partial charge < -0.3 is 5.32 Å². The van der Waals surface area contributed by atoms with Crippen molar-refractivity contribution in [3.63, 3.8) is 0 Å². The summed E-state index contributed by atoms with van der Waals surface area (Å²) in [6.07, 6.45) is 0. The summed E-state index contributed by atoms with van der Waals surface area (Å²) in [5.74, 6) is -0.445. The molecule has 2 aromatic rings. The summed E-state index contributed by atoms with van der Waals surface area (Å²) in [6, 6.07) is 11.5. The van der Waals surface area contributed by atoms with Crippen LogP contribution in [0.2, 0.25) is 0 Å². The molecule has 104 valence electrons. The van der Waals surface area contributed by atoms with Crippen LogP contribution in [0, 0.1) is 12.7 Å². The summed E-state index contributed by atoms with van der Waals surface area (Å²) in [6.45, 7) is 6.03. The Balaban J connectivity index is 2.40. The quantitative estimate of drug-likeness (QED) is 0.845. The SMILES string of the molecule is Cc1ccc(C(=O)c2ccc(F)cc2)c(NC(C)C)c1. The van der Waals surface area contributed by atoms with E-state index in [0.29, 0.717) is 11.1 Å². The van der Waals surface area contributed by atoms with Gasteiger partial charge in [-0.05, 0) is 62.7 Å². The lowest BCUT2D eigenvalue weighted by atomic mass is 10.00. The Labute approximate surface area is 118 Å². The summed E-state index contributed by atoms with van der Waals surface area (Å²) in [4.78, 5) is 12.5. The maximum atomic E-state index is 12.9. The number of anilines is 1. The molecule has 0 heterocycles. The molecule has 0 aliphatic rings. The monoisotopic (exact) mass is 271 g/mol. The van der Waals surface area contributed by atoms with Gasteiger partial charge in [-0.2, -0.15) is 0 Å². The maximum Gasteiger partial charge on any atom is 0.195 e. The van der Waals surface area contributed by atoms with Gasteiger partial charge in [-0.15, -0.1) is 0 Å². The molecular weight excluding hydrogens is 253 g/mol. The van der Waals surface area contributed by atoms with E-state index in [1.807, 2.05) is 39.0 Å². The number of carbonyl (C=O) groups is 1. The Bertz CT molecular complexity index is 617. The highest BCUT2D eigenvalue weighted by Crippen LogP contribution is 2.22. The van der Waals surface area contributed by atoms with E-state index in [2.05, 4.69) is 5.32 Å². The van der Waals surface area contributed by atoms with Gasteiger partial charge in [0.15, 0.2) is 5.78 Å². The first-order valence-corrected chi connectivity index (χ1v) is 6.65. The van der Waals surface area contributed by atoms with Crippen LogP contribution in [0.4, 0.5) is 10.1 Å². The first kappa shape index (κ1) is 14.3. The van der Waals surface area contributed by atoms with Gasteiger partial charge in [-0.25, -0.2) is 4.39 Å². The third-order valence-electron chi connectivity index (χ3n) is 2.97. The maximum absolute atomic E-state index is 12.9. The van der Waals surface area contributed by atoms with E-state index in [1.165, 1.54) is 24.3 Å². The van der Waals surface area contributed by atoms with Gasteiger partial charge in [0.2, 0.25) is 0 Å². The third-order valence-corrected chi connectivity index (χ3v) is 2.97.